The van der Waals surface area contributed by atoms with Crippen LogP contribution in [0.15, 0.2) is 52.6 Å². The Balaban J connectivity index is -0.0000000799. The summed E-state index contributed by atoms with van der Waals surface area (Å²) in [7, 11) is -4.75. The molecule has 0 aliphatic rings. The van der Waals surface area contributed by atoms with E-state index in [1.54, 1.807) is 0 Å². The van der Waals surface area contributed by atoms with Gasteiger partial charge in [0.05, 0.1) is 0 Å². The molecule has 122 valence electrons. The predicted octanol–water partition coefficient (Wildman–Crippen LogP) is -0.773. The van der Waals surface area contributed by atoms with Crippen molar-refractivity contribution in [3.05, 3.63) is 52.6 Å². The average molecular weight is 311 g/mol. The van der Waals surface area contributed by atoms with Crippen LogP contribution in [0.2, 0.25) is 0 Å². The van der Waals surface area contributed by atoms with Crippen molar-refractivity contribution in [1.82, 2.24) is 0 Å². The molecule has 0 aromatic heterocycles. The Morgan fingerprint density at radius 1 is 0.800 bits per heavy atom. The van der Waals surface area contributed by atoms with Crippen LogP contribution in [-0.4, -0.2) is 30.2 Å². The molecule has 0 saturated heterocycles. The Labute approximate surface area is 122 Å². The second-order valence-electron chi connectivity index (χ2n) is 2.51. The second-order valence-corrected chi connectivity index (χ2v) is 4.14. The molecule has 0 aliphatic heterocycles. The molecule has 0 spiro atoms. The second kappa shape index (κ2) is 15.7. The van der Waals surface area contributed by atoms with E-state index in [2.05, 4.69) is 52.6 Å². The summed E-state index contributed by atoms with van der Waals surface area (Å²) in [5, 5.41) is 0. The van der Waals surface area contributed by atoms with Crippen LogP contribution in [-0.2, 0) is 10.1 Å². The van der Waals surface area contributed by atoms with Gasteiger partial charge in [0.1, 0.15) is 5.66 Å². The summed E-state index contributed by atoms with van der Waals surface area (Å²) in [6.07, 6.45) is 0. The lowest BCUT2D eigenvalue weighted by Gasteiger charge is -2.35. The molecule has 0 bridgehead atoms. The first-order valence-corrected chi connectivity index (χ1v) is 6.33. The van der Waals surface area contributed by atoms with Gasteiger partial charge in [0, 0.05) is 6.54 Å². The van der Waals surface area contributed by atoms with Gasteiger partial charge in [0.15, 0.2) is 0 Å². The van der Waals surface area contributed by atoms with E-state index in [-0.39, 0.29) is 0 Å². The lowest BCUT2D eigenvalue weighted by atomic mass is 10.1. The molecule has 11 N–H and O–H groups in total. The first kappa shape index (κ1) is 31.2. The third-order valence-corrected chi connectivity index (χ3v) is 2.73. The van der Waals surface area contributed by atoms with Crippen molar-refractivity contribution >= 4 is 10.1 Å². The molecule has 0 aromatic carbocycles. The minimum absolute atomic E-state index is 0.486. The van der Waals surface area contributed by atoms with Crippen LogP contribution in [0.3, 0.4) is 0 Å². The third kappa shape index (κ3) is 10.6. The zero-order valence-electron chi connectivity index (χ0n) is 11.9. The Hall–Kier alpha value is -1.33. The van der Waals surface area contributed by atoms with Gasteiger partial charge in [-0.25, -0.2) is 0 Å². The maximum absolute atomic E-state index is 10.5. The monoisotopic (exact) mass is 311 g/mol. The van der Waals surface area contributed by atoms with E-state index in [0.29, 0.717) is 0 Å². The van der Waals surface area contributed by atoms with E-state index in [1.807, 2.05) is 0 Å². The largest absolute Gasteiger partial charge is 0.327 e. The van der Waals surface area contributed by atoms with E-state index < -0.39 is 27.3 Å². The van der Waals surface area contributed by atoms with Crippen LogP contribution in [0.5, 0.6) is 0 Å². The SMILES string of the molecule is C=C.C=C.C=C.C=C.NCC(N)(N)C(N)(N)S(=O)(=O)O. The van der Waals surface area contributed by atoms with Crippen LogP contribution in [0, 0.1) is 0 Å². The van der Waals surface area contributed by atoms with Gasteiger partial charge in [-0.15, -0.1) is 52.6 Å². The molecule has 0 amide bonds. The first-order chi connectivity index (χ1) is 9.06. The van der Waals surface area contributed by atoms with Crippen LogP contribution in [0.25, 0.3) is 0 Å². The third-order valence-electron chi connectivity index (χ3n) is 1.49. The maximum Gasteiger partial charge on any atom is 0.301 e. The Morgan fingerprint density at radius 2 is 1.00 bits per heavy atom. The molecule has 8 nitrogen and oxygen atoms in total. The zero-order valence-corrected chi connectivity index (χ0v) is 12.7. The highest BCUT2D eigenvalue weighted by Gasteiger charge is 2.49. The molecule has 0 aliphatic carbocycles. The average Bonchev–Trinajstić information content (AvgIpc) is 2.46. The van der Waals surface area contributed by atoms with Gasteiger partial charge in [-0.1, -0.05) is 0 Å². The fraction of sp³-hybridized carbons (Fsp3) is 0.273. The topological polar surface area (TPSA) is 184 Å². The molecule has 0 heterocycles. The highest BCUT2D eigenvalue weighted by molar-refractivity contribution is 7.87. The quantitative estimate of drug-likeness (QED) is 0.223. The summed E-state index contributed by atoms with van der Waals surface area (Å²) in [5.41, 5.74) is 23.2. The summed E-state index contributed by atoms with van der Waals surface area (Å²) >= 11 is 0. The van der Waals surface area contributed by atoms with E-state index in [9.17, 15) is 8.42 Å². The van der Waals surface area contributed by atoms with E-state index in [1.165, 1.54) is 0 Å². The van der Waals surface area contributed by atoms with Gasteiger partial charge in [0.2, 0.25) is 4.99 Å². The van der Waals surface area contributed by atoms with Crippen LogP contribution < -0.4 is 28.7 Å². The molecule has 0 atom stereocenters. The van der Waals surface area contributed by atoms with Gasteiger partial charge < -0.3 is 17.2 Å². The predicted molar refractivity (Wildman–Crippen MR) is 87.8 cm³/mol. The highest BCUT2D eigenvalue weighted by atomic mass is 32.2. The summed E-state index contributed by atoms with van der Waals surface area (Å²) in [5.74, 6) is 0. The molecule has 0 fully saturated rings. The minimum atomic E-state index is -4.75. The van der Waals surface area contributed by atoms with Gasteiger partial charge in [-0.3, -0.25) is 16.0 Å². The van der Waals surface area contributed by atoms with Crippen LogP contribution in [0.1, 0.15) is 0 Å². The van der Waals surface area contributed by atoms with Crippen molar-refractivity contribution in [3.63, 3.8) is 0 Å². The first-order valence-electron chi connectivity index (χ1n) is 4.89. The summed E-state index contributed by atoms with van der Waals surface area (Å²) in [6.45, 7) is 23.5. The van der Waals surface area contributed by atoms with Crippen molar-refractivity contribution in [2.45, 2.75) is 10.7 Å². The van der Waals surface area contributed by atoms with Gasteiger partial charge in [-0.05, 0) is 0 Å². The van der Waals surface area contributed by atoms with Crippen molar-refractivity contribution in [2.75, 3.05) is 6.54 Å². The standard InChI is InChI=1S/C3H13N5O3S.4C2H4/c4-1-2(5,6)3(7,8)12(9,10)11;4*1-2/h1,4-8H2,(H,9,10,11);4*1-2H2. The molecule has 0 saturated carbocycles. The molecule has 0 unspecified atom stereocenters. The normalized spacial score (nSPS) is 9.70. The minimum Gasteiger partial charge on any atom is -0.327 e. The van der Waals surface area contributed by atoms with Crippen molar-refractivity contribution in [3.8, 4) is 0 Å². The van der Waals surface area contributed by atoms with Gasteiger partial charge >= 0.3 is 10.1 Å². The van der Waals surface area contributed by atoms with Gasteiger partial charge in [0.25, 0.3) is 0 Å². The molecule has 0 aromatic rings. The summed E-state index contributed by atoms with van der Waals surface area (Å²) in [6, 6.07) is 0. The Bertz CT molecular complexity index is 310. The van der Waals surface area contributed by atoms with E-state index in [0.717, 1.165) is 0 Å². The van der Waals surface area contributed by atoms with Gasteiger partial charge in [-0.2, -0.15) is 8.42 Å². The fourth-order valence-corrected chi connectivity index (χ4v) is 0.963. The highest BCUT2D eigenvalue weighted by Crippen LogP contribution is 2.10. The van der Waals surface area contributed by atoms with Crippen molar-refractivity contribution < 1.29 is 13.0 Å². The van der Waals surface area contributed by atoms with Crippen LogP contribution >= 0.6 is 0 Å². The maximum atomic E-state index is 10.5. The lowest BCUT2D eigenvalue weighted by Crippen LogP contribution is -2.81. The Kier molecular flexibility index (Phi) is 24.5. The molecule has 0 rings (SSSR count). The van der Waals surface area contributed by atoms with Crippen LogP contribution in [0.4, 0.5) is 0 Å². The summed E-state index contributed by atoms with van der Waals surface area (Å²) < 4.78 is 29.6. The number of hydrogen-bond acceptors (Lipinski definition) is 7. The summed E-state index contributed by atoms with van der Waals surface area (Å²) in [4.78, 5) is -2.66. The number of hydrogen-bond donors (Lipinski definition) is 6. The molecule has 0 radical (unpaired) electrons. The van der Waals surface area contributed by atoms with Crippen molar-refractivity contribution in [2.24, 2.45) is 28.7 Å². The Morgan fingerprint density at radius 3 is 1.05 bits per heavy atom. The number of nitrogens with two attached hydrogens (primary N) is 5. The molecular formula is C11H29N5O3S. The smallest absolute Gasteiger partial charge is 0.301 e. The molecular weight excluding hydrogens is 282 g/mol. The van der Waals surface area contributed by atoms with Crippen molar-refractivity contribution in [1.29, 1.82) is 0 Å². The van der Waals surface area contributed by atoms with E-state index >= 15 is 0 Å². The number of rotatable bonds is 3. The van der Waals surface area contributed by atoms with E-state index in [4.69, 9.17) is 33.2 Å². The zero-order chi connectivity index (χ0) is 18.2. The fourth-order valence-electron chi connectivity index (χ4n) is 0.400. The molecule has 9 heteroatoms. The lowest BCUT2D eigenvalue weighted by molar-refractivity contribution is 0.295. The molecule has 20 heavy (non-hydrogen) atoms.